The Balaban J connectivity index is 1.45. The van der Waals surface area contributed by atoms with Gasteiger partial charge in [-0.05, 0) is 54.6 Å². The summed E-state index contributed by atoms with van der Waals surface area (Å²) < 4.78 is 0. The Hall–Kier alpha value is -1.50. The van der Waals surface area contributed by atoms with E-state index in [-0.39, 0.29) is 23.6 Å². The molecule has 0 saturated heterocycles. The van der Waals surface area contributed by atoms with Gasteiger partial charge >= 0.3 is 0 Å². The third-order valence-electron chi connectivity index (χ3n) is 4.18. The van der Waals surface area contributed by atoms with Gasteiger partial charge in [0.05, 0.1) is 17.5 Å². The molecular formula is C18H19ClN2O2S2. The highest BCUT2D eigenvalue weighted by Crippen LogP contribution is 2.33. The van der Waals surface area contributed by atoms with Gasteiger partial charge < -0.3 is 10.2 Å². The van der Waals surface area contributed by atoms with Crippen molar-refractivity contribution >= 4 is 52.2 Å². The Morgan fingerprint density at radius 1 is 1.28 bits per heavy atom. The third-order valence-corrected chi connectivity index (χ3v) is 6.35. The standard InChI is InChI=1S/C18H19ClN2O2S2/c1-12-15-7-9-25-16(15)6-8-21(12)18(23)11-24-10-17(22)20-14-4-2-13(19)3-5-14/h2-5,7,9,12H,6,8,10-11H2,1H3,(H,20,22)/t12-/m1/s1. The van der Waals surface area contributed by atoms with Crippen LogP contribution in [-0.2, 0) is 16.0 Å². The van der Waals surface area contributed by atoms with E-state index in [0.717, 1.165) is 13.0 Å². The molecule has 0 spiro atoms. The molecule has 2 aromatic rings. The van der Waals surface area contributed by atoms with Crippen LogP contribution < -0.4 is 5.32 Å². The maximum atomic E-state index is 12.5. The molecule has 0 fully saturated rings. The van der Waals surface area contributed by atoms with Crippen molar-refractivity contribution in [1.29, 1.82) is 0 Å². The summed E-state index contributed by atoms with van der Waals surface area (Å²) in [6.07, 6.45) is 0.921. The monoisotopic (exact) mass is 394 g/mol. The first-order valence-corrected chi connectivity index (χ1v) is 10.4. The van der Waals surface area contributed by atoms with E-state index >= 15 is 0 Å². The number of thioether (sulfide) groups is 1. The van der Waals surface area contributed by atoms with Crippen molar-refractivity contribution in [3.8, 4) is 0 Å². The van der Waals surface area contributed by atoms with Gasteiger partial charge in [-0.2, -0.15) is 0 Å². The maximum absolute atomic E-state index is 12.5. The van der Waals surface area contributed by atoms with Crippen LogP contribution in [0.3, 0.4) is 0 Å². The van der Waals surface area contributed by atoms with E-state index < -0.39 is 0 Å². The van der Waals surface area contributed by atoms with Gasteiger partial charge in [-0.3, -0.25) is 9.59 Å². The molecule has 1 aromatic carbocycles. The highest BCUT2D eigenvalue weighted by atomic mass is 35.5. The summed E-state index contributed by atoms with van der Waals surface area (Å²) in [6, 6.07) is 9.19. The van der Waals surface area contributed by atoms with Crippen molar-refractivity contribution < 1.29 is 9.59 Å². The number of hydrogen-bond acceptors (Lipinski definition) is 4. The number of nitrogens with zero attached hydrogens (tertiary/aromatic N) is 1. The maximum Gasteiger partial charge on any atom is 0.234 e. The lowest BCUT2D eigenvalue weighted by molar-refractivity contribution is -0.130. The van der Waals surface area contributed by atoms with Crippen molar-refractivity contribution in [2.24, 2.45) is 0 Å². The van der Waals surface area contributed by atoms with Crippen LogP contribution in [0.1, 0.15) is 23.4 Å². The van der Waals surface area contributed by atoms with Gasteiger partial charge in [-0.25, -0.2) is 0 Å². The first-order chi connectivity index (χ1) is 12.0. The number of anilines is 1. The molecule has 1 aromatic heterocycles. The van der Waals surface area contributed by atoms with E-state index in [1.54, 1.807) is 35.6 Å². The van der Waals surface area contributed by atoms with Crippen molar-refractivity contribution in [1.82, 2.24) is 4.90 Å². The fraction of sp³-hybridized carbons (Fsp3) is 0.333. The minimum atomic E-state index is -0.119. The number of nitrogens with one attached hydrogen (secondary N) is 1. The highest BCUT2D eigenvalue weighted by Gasteiger charge is 2.28. The summed E-state index contributed by atoms with van der Waals surface area (Å²) in [4.78, 5) is 27.7. The molecule has 4 nitrogen and oxygen atoms in total. The lowest BCUT2D eigenvalue weighted by atomic mass is 10.0. The summed E-state index contributed by atoms with van der Waals surface area (Å²) in [6.45, 7) is 2.82. The van der Waals surface area contributed by atoms with Gasteiger partial charge in [0.1, 0.15) is 0 Å². The molecular weight excluding hydrogens is 376 g/mol. The van der Waals surface area contributed by atoms with Gasteiger partial charge in [0.25, 0.3) is 0 Å². The van der Waals surface area contributed by atoms with Crippen LogP contribution in [-0.4, -0.2) is 34.8 Å². The van der Waals surface area contributed by atoms with Crippen LogP contribution >= 0.6 is 34.7 Å². The number of hydrogen-bond donors (Lipinski definition) is 1. The van der Waals surface area contributed by atoms with Gasteiger partial charge in [0.15, 0.2) is 0 Å². The Morgan fingerprint density at radius 3 is 2.80 bits per heavy atom. The zero-order valence-electron chi connectivity index (χ0n) is 13.8. The molecule has 1 N–H and O–H groups in total. The molecule has 0 radical (unpaired) electrons. The Labute approximate surface area is 160 Å². The topological polar surface area (TPSA) is 49.4 Å². The van der Waals surface area contributed by atoms with E-state index in [4.69, 9.17) is 11.6 Å². The highest BCUT2D eigenvalue weighted by molar-refractivity contribution is 8.00. The number of rotatable bonds is 5. The smallest absolute Gasteiger partial charge is 0.234 e. The Bertz CT molecular complexity index is 761. The zero-order valence-corrected chi connectivity index (χ0v) is 16.2. The average molecular weight is 395 g/mol. The number of carbonyl (C=O) groups is 2. The SMILES string of the molecule is C[C@@H]1c2ccsc2CCN1C(=O)CSCC(=O)Nc1ccc(Cl)cc1. The van der Waals surface area contributed by atoms with Gasteiger partial charge in [-0.15, -0.1) is 23.1 Å². The second-order valence-electron chi connectivity index (χ2n) is 5.86. The fourth-order valence-electron chi connectivity index (χ4n) is 2.89. The lowest BCUT2D eigenvalue weighted by Gasteiger charge is -2.33. The van der Waals surface area contributed by atoms with Gasteiger partial charge in [0, 0.05) is 22.1 Å². The summed E-state index contributed by atoms with van der Waals surface area (Å²) in [5, 5.41) is 5.51. The van der Waals surface area contributed by atoms with E-state index in [2.05, 4.69) is 23.7 Å². The predicted molar refractivity (Wildman–Crippen MR) is 106 cm³/mol. The molecule has 2 amide bonds. The van der Waals surface area contributed by atoms with Crippen molar-refractivity contribution in [3.05, 3.63) is 51.2 Å². The van der Waals surface area contributed by atoms with Crippen LogP contribution in [0.5, 0.6) is 0 Å². The molecule has 1 atom stereocenters. The molecule has 7 heteroatoms. The van der Waals surface area contributed by atoms with Crippen molar-refractivity contribution in [2.45, 2.75) is 19.4 Å². The van der Waals surface area contributed by atoms with Crippen LogP contribution in [0, 0.1) is 0 Å². The molecule has 0 saturated carbocycles. The molecule has 0 aliphatic carbocycles. The molecule has 2 heterocycles. The number of benzene rings is 1. The molecule has 0 bridgehead atoms. The molecule has 132 valence electrons. The largest absolute Gasteiger partial charge is 0.335 e. The van der Waals surface area contributed by atoms with Crippen LogP contribution in [0.4, 0.5) is 5.69 Å². The number of thiophene rings is 1. The fourth-order valence-corrected chi connectivity index (χ4v) is 4.68. The van der Waals surface area contributed by atoms with E-state index in [1.807, 2.05) is 4.90 Å². The Kier molecular flexibility index (Phi) is 6.04. The van der Waals surface area contributed by atoms with Crippen molar-refractivity contribution in [2.75, 3.05) is 23.4 Å². The lowest BCUT2D eigenvalue weighted by Crippen LogP contribution is -2.39. The minimum absolute atomic E-state index is 0.0913. The predicted octanol–water partition coefficient (Wildman–Crippen LogP) is 4.22. The zero-order chi connectivity index (χ0) is 17.8. The molecule has 3 rings (SSSR count). The van der Waals surface area contributed by atoms with Crippen molar-refractivity contribution in [3.63, 3.8) is 0 Å². The number of carbonyl (C=O) groups excluding carboxylic acids is 2. The number of halogens is 1. The second kappa shape index (κ2) is 8.25. The van der Waals surface area contributed by atoms with Crippen LogP contribution in [0.15, 0.2) is 35.7 Å². The Morgan fingerprint density at radius 2 is 2.04 bits per heavy atom. The van der Waals surface area contributed by atoms with Gasteiger partial charge in [-0.1, -0.05) is 11.6 Å². The van der Waals surface area contributed by atoms with Crippen LogP contribution in [0.2, 0.25) is 5.02 Å². The summed E-state index contributed by atoms with van der Waals surface area (Å²) in [5.41, 5.74) is 1.96. The molecule has 1 aliphatic heterocycles. The number of fused-ring (bicyclic) bond motifs is 1. The van der Waals surface area contributed by atoms with E-state index in [1.165, 1.54) is 22.2 Å². The molecule has 0 unspecified atom stereocenters. The summed E-state index contributed by atoms with van der Waals surface area (Å²) in [7, 11) is 0. The summed E-state index contributed by atoms with van der Waals surface area (Å²) in [5.74, 6) is 0.540. The normalized spacial score (nSPS) is 16.4. The quantitative estimate of drug-likeness (QED) is 0.825. The first kappa shape index (κ1) is 18.3. The molecule has 25 heavy (non-hydrogen) atoms. The number of amides is 2. The minimum Gasteiger partial charge on any atom is -0.335 e. The van der Waals surface area contributed by atoms with Gasteiger partial charge in [0.2, 0.25) is 11.8 Å². The van der Waals surface area contributed by atoms with E-state index in [9.17, 15) is 9.59 Å². The molecule has 1 aliphatic rings. The first-order valence-electron chi connectivity index (χ1n) is 8.03. The third kappa shape index (κ3) is 4.57. The van der Waals surface area contributed by atoms with Crippen LogP contribution in [0.25, 0.3) is 0 Å². The van der Waals surface area contributed by atoms with E-state index in [0.29, 0.717) is 16.5 Å². The second-order valence-corrected chi connectivity index (χ2v) is 8.28. The summed E-state index contributed by atoms with van der Waals surface area (Å²) >= 11 is 8.92. The average Bonchev–Trinajstić information content (AvgIpc) is 3.07.